The Bertz CT molecular complexity index is 967. The Hall–Kier alpha value is -2.99. The molecule has 0 aliphatic heterocycles. The van der Waals surface area contributed by atoms with Gasteiger partial charge in [0.2, 0.25) is 5.91 Å². The smallest absolute Gasteiger partial charge is 0.240 e. The monoisotopic (exact) mass is 351 g/mol. The van der Waals surface area contributed by atoms with E-state index < -0.39 is 0 Å². The molecule has 134 valence electrons. The van der Waals surface area contributed by atoms with Gasteiger partial charge in [0.25, 0.3) is 0 Å². The number of para-hydroxylation sites is 1. The minimum absolute atomic E-state index is 0.0412. The summed E-state index contributed by atoms with van der Waals surface area (Å²) >= 11 is 0. The number of hydrogen-bond acceptors (Lipinski definition) is 4. The van der Waals surface area contributed by atoms with E-state index in [1.54, 1.807) is 25.4 Å². The maximum Gasteiger partial charge on any atom is 0.240 e. The molecular formula is C20H21N3O3. The summed E-state index contributed by atoms with van der Waals surface area (Å²) in [6.07, 6.45) is 1.68. The molecule has 3 rings (SSSR count). The van der Waals surface area contributed by atoms with Crippen LogP contribution < -0.4 is 10.7 Å². The third-order valence-corrected chi connectivity index (χ3v) is 4.24. The van der Waals surface area contributed by atoms with Crippen LogP contribution in [0, 0.1) is 6.92 Å². The quantitative estimate of drug-likeness (QED) is 0.739. The minimum Gasteiger partial charge on any atom is -0.382 e. The molecule has 2 aromatic heterocycles. The second kappa shape index (κ2) is 7.93. The number of amides is 1. The molecule has 2 heterocycles. The van der Waals surface area contributed by atoms with Gasteiger partial charge in [-0.2, -0.15) is 0 Å². The van der Waals surface area contributed by atoms with Gasteiger partial charge in [-0.25, -0.2) is 0 Å². The van der Waals surface area contributed by atoms with Gasteiger partial charge in [-0.1, -0.05) is 18.2 Å². The second-order valence-corrected chi connectivity index (χ2v) is 6.08. The highest BCUT2D eigenvalue weighted by Gasteiger charge is 2.17. The number of aromatic nitrogens is 2. The van der Waals surface area contributed by atoms with Crippen LogP contribution in [0.3, 0.4) is 0 Å². The Morgan fingerprint density at radius 1 is 1.23 bits per heavy atom. The molecule has 3 aromatic rings. The molecular weight excluding hydrogens is 330 g/mol. The standard InChI is InChI=1S/C20H21N3O3/c1-14-11-19(24)15-7-3-4-9-18(15)23(14)12-20(25)22-17(13-26-2)16-8-5-6-10-21-16/h3-11,17H,12-13H2,1-2H3,(H,22,25)/t17-/m1/s1. The Kier molecular flexibility index (Phi) is 5.43. The number of hydrogen-bond donors (Lipinski definition) is 1. The third kappa shape index (κ3) is 3.81. The van der Waals surface area contributed by atoms with Crippen molar-refractivity contribution >= 4 is 16.8 Å². The highest BCUT2D eigenvalue weighted by atomic mass is 16.5. The Balaban J connectivity index is 1.86. The second-order valence-electron chi connectivity index (χ2n) is 6.08. The van der Waals surface area contributed by atoms with Crippen LogP contribution >= 0.6 is 0 Å². The zero-order valence-electron chi connectivity index (χ0n) is 14.8. The van der Waals surface area contributed by atoms with E-state index in [9.17, 15) is 9.59 Å². The SMILES string of the molecule is COC[C@@H](NC(=O)Cn1c(C)cc(=O)c2ccccc21)c1ccccn1. The molecule has 0 saturated heterocycles. The van der Waals surface area contributed by atoms with Crippen molar-refractivity contribution < 1.29 is 9.53 Å². The summed E-state index contributed by atoms with van der Waals surface area (Å²) < 4.78 is 7.06. The van der Waals surface area contributed by atoms with Crippen LogP contribution in [0.5, 0.6) is 0 Å². The van der Waals surface area contributed by atoms with Crippen LogP contribution in [-0.2, 0) is 16.1 Å². The van der Waals surface area contributed by atoms with Gasteiger partial charge in [0.1, 0.15) is 6.54 Å². The van der Waals surface area contributed by atoms with E-state index in [1.165, 1.54) is 0 Å². The number of nitrogens with one attached hydrogen (secondary N) is 1. The normalized spacial score (nSPS) is 12.1. The minimum atomic E-state index is -0.334. The number of ether oxygens (including phenoxy) is 1. The van der Waals surface area contributed by atoms with Gasteiger partial charge in [-0.3, -0.25) is 14.6 Å². The van der Waals surface area contributed by atoms with Crippen LogP contribution in [0.4, 0.5) is 0 Å². The zero-order valence-corrected chi connectivity index (χ0v) is 14.8. The molecule has 0 bridgehead atoms. The lowest BCUT2D eigenvalue weighted by Crippen LogP contribution is -2.35. The van der Waals surface area contributed by atoms with Gasteiger partial charge < -0.3 is 14.6 Å². The van der Waals surface area contributed by atoms with Crippen LogP contribution in [0.1, 0.15) is 17.4 Å². The molecule has 1 N–H and O–H groups in total. The zero-order chi connectivity index (χ0) is 18.5. The van der Waals surface area contributed by atoms with Gasteiger partial charge in [0.15, 0.2) is 5.43 Å². The first-order valence-corrected chi connectivity index (χ1v) is 8.38. The van der Waals surface area contributed by atoms with Crippen LogP contribution in [0.15, 0.2) is 59.5 Å². The van der Waals surface area contributed by atoms with Gasteiger partial charge in [0, 0.05) is 30.5 Å². The third-order valence-electron chi connectivity index (χ3n) is 4.24. The van der Waals surface area contributed by atoms with E-state index >= 15 is 0 Å². The molecule has 26 heavy (non-hydrogen) atoms. The molecule has 0 saturated carbocycles. The number of carbonyl (C=O) groups excluding carboxylic acids is 1. The number of rotatable bonds is 6. The molecule has 0 fully saturated rings. The lowest BCUT2D eigenvalue weighted by molar-refractivity contribution is -0.122. The molecule has 0 radical (unpaired) electrons. The number of methoxy groups -OCH3 is 1. The van der Waals surface area contributed by atoms with Crippen molar-refractivity contribution in [2.45, 2.75) is 19.5 Å². The average Bonchev–Trinajstić information content (AvgIpc) is 2.65. The molecule has 0 spiro atoms. The van der Waals surface area contributed by atoms with E-state index in [-0.39, 0.29) is 23.9 Å². The fourth-order valence-electron chi connectivity index (χ4n) is 3.00. The largest absolute Gasteiger partial charge is 0.382 e. The molecule has 6 heteroatoms. The first kappa shape index (κ1) is 17.8. The predicted molar refractivity (Wildman–Crippen MR) is 99.9 cm³/mol. The summed E-state index contributed by atoms with van der Waals surface area (Å²) in [5.74, 6) is -0.172. The maximum atomic E-state index is 12.7. The van der Waals surface area contributed by atoms with Crippen LogP contribution in [0.25, 0.3) is 10.9 Å². The van der Waals surface area contributed by atoms with Crippen molar-refractivity contribution in [1.82, 2.24) is 14.9 Å². The first-order chi connectivity index (χ1) is 12.6. The molecule has 1 aromatic carbocycles. The molecule has 6 nitrogen and oxygen atoms in total. The van der Waals surface area contributed by atoms with Crippen molar-refractivity contribution in [1.29, 1.82) is 0 Å². The van der Waals surface area contributed by atoms with Crippen molar-refractivity contribution in [3.05, 3.63) is 76.3 Å². The van der Waals surface area contributed by atoms with E-state index in [2.05, 4.69) is 10.3 Å². The van der Waals surface area contributed by atoms with Gasteiger partial charge in [-0.15, -0.1) is 0 Å². The van der Waals surface area contributed by atoms with Gasteiger partial charge in [0.05, 0.1) is 23.9 Å². The highest BCUT2D eigenvalue weighted by Crippen LogP contribution is 2.14. The van der Waals surface area contributed by atoms with Gasteiger partial charge in [-0.05, 0) is 31.2 Å². The summed E-state index contributed by atoms with van der Waals surface area (Å²) in [4.78, 5) is 29.1. The molecule has 0 aliphatic carbocycles. The topological polar surface area (TPSA) is 73.2 Å². The molecule has 1 atom stereocenters. The maximum absolute atomic E-state index is 12.7. The van der Waals surface area contributed by atoms with E-state index in [0.717, 1.165) is 16.9 Å². The Morgan fingerprint density at radius 2 is 2.00 bits per heavy atom. The number of benzene rings is 1. The van der Waals surface area contributed by atoms with Gasteiger partial charge >= 0.3 is 0 Å². The van der Waals surface area contributed by atoms with Crippen molar-refractivity contribution in [2.75, 3.05) is 13.7 Å². The molecule has 0 aliphatic rings. The van der Waals surface area contributed by atoms with Crippen LogP contribution in [-0.4, -0.2) is 29.2 Å². The van der Waals surface area contributed by atoms with Crippen LogP contribution in [0.2, 0.25) is 0 Å². The lowest BCUT2D eigenvalue weighted by Gasteiger charge is -2.19. The highest BCUT2D eigenvalue weighted by molar-refractivity contribution is 5.82. The summed E-state index contributed by atoms with van der Waals surface area (Å²) in [5.41, 5.74) is 2.18. The Labute approximate surface area is 151 Å². The summed E-state index contributed by atoms with van der Waals surface area (Å²) in [7, 11) is 1.58. The van der Waals surface area contributed by atoms with E-state index in [0.29, 0.717) is 12.0 Å². The summed E-state index contributed by atoms with van der Waals surface area (Å²) in [6.45, 7) is 2.26. The number of pyridine rings is 2. The summed E-state index contributed by atoms with van der Waals surface area (Å²) in [5, 5.41) is 3.56. The fraction of sp³-hybridized carbons (Fsp3) is 0.250. The van der Waals surface area contributed by atoms with E-state index in [4.69, 9.17) is 4.74 Å². The number of carbonyl (C=O) groups is 1. The number of fused-ring (bicyclic) bond motifs is 1. The summed E-state index contributed by atoms with van der Waals surface area (Å²) in [6, 6.07) is 14.1. The number of aryl methyl sites for hydroxylation is 1. The van der Waals surface area contributed by atoms with Crippen molar-refractivity contribution in [2.24, 2.45) is 0 Å². The van der Waals surface area contributed by atoms with Crippen molar-refractivity contribution in [3.8, 4) is 0 Å². The molecule has 1 amide bonds. The van der Waals surface area contributed by atoms with E-state index in [1.807, 2.05) is 47.9 Å². The first-order valence-electron chi connectivity index (χ1n) is 8.38. The Morgan fingerprint density at radius 3 is 2.73 bits per heavy atom. The lowest BCUT2D eigenvalue weighted by atomic mass is 10.1. The van der Waals surface area contributed by atoms with Crippen molar-refractivity contribution in [3.63, 3.8) is 0 Å². The molecule has 0 unspecified atom stereocenters. The number of nitrogens with zero attached hydrogens (tertiary/aromatic N) is 2. The predicted octanol–water partition coefficient (Wildman–Crippen LogP) is 2.21. The average molecular weight is 351 g/mol. The fourth-order valence-corrected chi connectivity index (χ4v) is 3.00.